The van der Waals surface area contributed by atoms with Crippen molar-refractivity contribution in [3.8, 4) is 0 Å². The molecule has 0 amide bonds. The Morgan fingerprint density at radius 1 is 1.27 bits per heavy atom. The number of hydrogen-bond donors (Lipinski definition) is 0. The van der Waals surface area contributed by atoms with Crippen LogP contribution in [0.1, 0.15) is 60.3 Å². The lowest BCUT2D eigenvalue weighted by Crippen LogP contribution is -2.15. The van der Waals surface area contributed by atoms with Crippen LogP contribution in [0.15, 0.2) is 22.8 Å². The molecule has 1 rings (SSSR count). The summed E-state index contributed by atoms with van der Waals surface area (Å²) in [5, 5.41) is 0. The molecule has 1 fully saturated rings. The van der Waals surface area contributed by atoms with Crippen molar-refractivity contribution in [2.24, 2.45) is 11.8 Å². The summed E-state index contributed by atoms with van der Waals surface area (Å²) >= 11 is 0. The summed E-state index contributed by atoms with van der Waals surface area (Å²) in [4.78, 5) is 0. The Bertz CT molecular complexity index is 264. The van der Waals surface area contributed by atoms with Crippen LogP contribution in [0.3, 0.4) is 0 Å². The molecule has 1 unspecified atom stereocenters. The molecule has 0 aromatic rings. The molecule has 1 aliphatic rings. The van der Waals surface area contributed by atoms with Crippen LogP contribution in [-0.4, -0.2) is 0 Å². The van der Waals surface area contributed by atoms with Crippen LogP contribution in [0.2, 0.25) is 0 Å². The third kappa shape index (κ3) is 3.52. The highest BCUT2D eigenvalue weighted by atomic mass is 14.3. The smallest absolute Gasteiger partial charge is 0.00180 e. The molecule has 0 radical (unpaired) electrons. The van der Waals surface area contributed by atoms with Crippen LogP contribution in [-0.2, 0) is 0 Å². The molecule has 0 heterocycles. The van der Waals surface area contributed by atoms with Gasteiger partial charge in [0.15, 0.2) is 0 Å². The van der Waals surface area contributed by atoms with Gasteiger partial charge in [0.2, 0.25) is 0 Å². The quantitative estimate of drug-likeness (QED) is 0.550. The van der Waals surface area contributed by atoms with E-state index in [9.17, 15) is 0 Å². The first kappa shape index (κ1) is 12.5. The first-order valence-corrected chi connectivity index (χ1v) is 6.38. The second kappa shape index (κ2) is 5.53. The number of allylic oxidation sites excluding steroid dienone is 4. The second-order valence-electron chi connectivity index (χ2n) is 5.40. The predicted molar refractivity (Wildman–Crippen MR) is 68.9 cm³/mol. The average molecular weight is 206 g/mol. The number of rotatable bonds is 2. The van der Waals surface area contributed by atoms with Gasteiger partial charge in [-0.25, -0.2) is 0 Å². The summed E-state index contributed by atoms with van der Waals surface area (Å²) < 4.78 is 0. The molecule has 0 aromatic heterocycles. The van der Waals surface area contributed by atoms with E-state index in [-0.39, 0.29) is 0 Å². The van der Waals surface area contributed by atoms with E-state index in [2.05, 4.69) is 40.7 Å². The molecular weight excluding hydrogens is 180 g/mol. The topological polar surface area (TPSA) is 0 Å². The summed E-state index contributed by atoms with van der Waals surface area (Å²) in [6.45, 7) is 11.4. The molecule has 0 spiro atoms. The number of hydrogen-bond acceptors (Lipinski definition) is 0. The van der Waals surface area contributed by atoms with E-state index in [1.54, 1.807) is 11.1 Å². The van der Waals surface area contributed by atoms with Gasteiger partial charge in [-0.1, -0.05) is 36.6 Å². The van der Waals surface area contributed by atoms with Crippen LogP contribution in [0.4, 0.5) is 0 Å². The first-order chi connectivity index (χ1) is 7.04. The second-order valence-corrected chi connectivity index (χ2v) is 5.40. The average Bonchev–Trinajstić information content (AvgIpc) is 2.19. The molecule has 0 saturated heterocycles. The molecule has 86 valence electrons. The third-order valence-electron chi connectivity index (χ3n) is 3.60. The Labute approximate surface area is 95.5 Å². The van der Waals surface area contributed by atoms with Gasteiger partial charge in [0.1, 0.15) is 0 Å². The Morgan fingerprint density at radius 3 is 2.47 bits per heavy atom. The van der Waals surface area contributed by atoms with Crippen molar-refractivity contribution in [2.45, 2.75) is 60.3 Å². The molecule has 2 atom stereocenters. The van der Waals surface area contributed by atoms with Crippen molar-refractivity contribution in [3.63, 3.8) is 0 Å². The van der Waals surface area contributed by atoms with E-state index in [0.717, 1.165) is 11.8 Å². The maximum Gasteiger partial charge on any atom is -0.00180 e. The van der Waals surface area contributed by atoms with Gasteiger partial charge in [-0.2, -0.15) is 0 Å². The van der Waals surface area contributed by atoms with Crippen molar-refractivity contribution < 1.29 is 0 Å². The van der Waals surface area contributed by atoms with Gasteiger partial charge in [-0.3, -0.25) is 0 Å². The SMILES string of the molecule is CC/C(C)=C1\C[C@H](C)CCC1C=C(C)C. The van der Waals surface area contributed by atoms with Crippen molar-refractivity contribution in [1.29, 1.82) is 0 Å². The van der Waals surface area contributed by atoms with Crippen LogP contribution in [0, 0.1) is 11.8 Å². The van der Waals surface area contributed by atoms with Crippen LogP contribution in [0.5, 0.6) is 0 Å². The largest absolute Gasteiger partial charge is 0.0798 e. The molecule has 15 heavy (non-hydrogen) atoms. The fraction of sp³-hybridized carbons (Fsp3) is 0.733. The molecule has 0 aromatic carbocycles. The zero-order chi connectivity index (χ0) is 11.4. The standard InChI is InChI=1S/C15H26/c1-6-13(5)15-10-12(4)7-8-14(15)9-11(2)3/h9,12,14H,6-8,10H2,1-5H3/b15-13+/t12-,14?/m1/s1. The van der Waals surface area contributed by atoms with Crippen molar-refractivity contribution in [3.05, 3.63) is 22.8 Å². The fourth-order valence-electron chi connectivity index (χ4n) is 2.57. The summed E-state index contributed by atoms with van der Waals surface area (Å²) in [6.07, 6.45) is 7.78. The van der Waals surface area contributed by atoms with Gasteiger partial charge in [0.05, 0.1) is 0 Å². The predicted octanol–water partition coefficient (Wildman–Crippen LogP) is 5.12. The van der Waals surface area contributed by atoms with Gasteiger partial charge >= 0.3 is 0 Å². The highest BCUT2D eigenvalue weighted by Crippen LogP contribution is 2.37. The van der Waals surface area contributed by atoms with Gasteiger partial charge in [-0.05, 0) is 58.3 Å². The van der Waals surface area contributed by atoms with Crippen LogP contribution < -0.4 is 0 Å². The molecule has 0 N–H and O–H groups in total. The van der Waals surface area contributed by atoms with Crippen molar-refractivity contribution >= 4 is 0 Å². The van der Waals surface area contributed by atoms with Gasteiger partial charge in [0, 0.05) is 0 Å². The Morgan fingerprint density at radius 2 is 1.93 bits per heavy atom. The van der Waals surface area contributed by atoms with Crippen LogP contribution >= 0.6 is 0 Å². The third-order valence-corrected chi connectivity index (χ3v) is 3.60. The molecule has 0 aliphatic heterocycles. The Kier molecular flexibility index (Phi) is 4.63. The molecule has 1 aliphatic carbocycles. The fourth-order valence-corrected chi connectivity index (χ4v) is 2.57. The summed E-state index contributed by atoms with van der Waals surface area (Å²) in [5.74, 6) is 1.63. The molecule has 0 heteroatoms. The molecular formula is C15H26. The highest BCUT2D eigenvalue weighted by molar-refractivity contribution is 5.23. The van der Waals surface area contributed by atoms with Gasteiger partial charge in [0.25, 0.3) is 0 Å². The summed E-state index contributed by atoms with van der Waals surface area (Å²) in [6, 6.07) is 0. The van der Waals surface area contributed by atoms with E-state index in [1.165, 1.54) is 31.3 Å². The maximum absolute atomic E-state index is 2.47. The minimum atomic E-state index is 0.742. The summed E-state index contributed by atoms with van der Waals surface area (Å²) in [7, 11) is 0. The monoisotopic (exact) mass is 206 g/mol. The summed E-state index contributed by atoms with van der Waals surface area (Å²) in [5.41, 5.74) is 4.83. The van der Waals surface area contributed by atoms with E-state index in [1.807, 2.05) is 0 Å². The lowest BCUT2D eigenvalue weighted by molar-refractivity contribution is 0.402. The zero-order valence-corrected chi connectivity index (χ0v) is 11.1. The van der Waals surface area contributed by atoms with Gasteiger partial charge < -0.3 is 0 Å². The van der Waals surface area contributed by atoms with Crippen molar-refractivity contribution in [1.82, 2.24) is 0 Å². The minimum Gasteiger partial charge on any atom is -0.0798 e. The van der Waals surface area contributed by atoms with E-state index in [0.29, 0.717) is 0 Å². The van der Waals surface area contributed by atoms with E-state index < -0.39 is 0 Å². The Balaban J connectivity index is 2.90. The molecule has 1 saturated carbocycles. The first-order valence-electron chi connectivity index (χ1n) is 6.38. The Hall–Kier alpha value is -0.520. The van der Waals surface area contributed by atoms with E-state index in [4.69, 9.17) is 0 Å². The van der Waals surface area contributed by atoms with E-state index >= 15 is 0 Å². The van der Waals surface area contributed by atoms with Gasteiger partial charge in [-0.15, -0.1) is 0 Å². The normalized spacial score (nSPS) is 29.9. The lowest BCUT2D eigenvalue weighted by atomic mass is 9.76. The molecule has 0 bridgehead atoms. The highest BCUT2D eigenvalue weighted by Gasteiger charge is 2.22. The maximum atomic E-state index is 2.47. The zero-order valence-electron chi connectivity index (χ0n) is 11.1. The minimum absolute atomic E-state index is 0.742. The van der Waals surface area contributed by atoms with Crippen LogP contribution in [0.25, 0.3) is 0 Å². The van der Waals surface area contributed by atoms with Crippen molar-refractivity contribution in [2.75, 3.05) is 0 Å². The molecule has 0 nitrogen and oxygen atoms in total. The lowest BCUT2D eigenvalue weighted by Gasteiger charge is -2.29.